The van der Waals surface area contributed by atoms with E-state index < -0.39 is 0 Å². The van der Waals surface area contributed by atoms with Crippen LogP contribution < -0.4 is 10.6 Å². The molecule has 3 N–H and O–H groups in total. The lowest BCUT2D eigenvalue weighted by atomic mass is 10.2. The Bertz CT molecular complexity index is 722. The van der Waals surface area contributed by atoms with Crippen molar-refractivity contribution in [2.75, 3.05) is 17.2 Å². The minimum atomic E-state index is 0.605. The highest BCUT2D eigenvalue weighted by molar-refractivity contribution is 5.60. The molecule has 0 spiro atoms. The molecule has 2 aromatic heterocycles. The Morgan fingerprint density at radius 2 is 1.95 bits per heavy atom. The normalized spacial score (nSPS) is 10.4. The van der Waals surface area contributed by atoms with Gasteiger partial charge in [-0.2, -0.15) is 4.98 Å². The van der Waals surface area contributed by atoms with E-state index in [2.05, 4.69) is 42.9 Å². The van der Waals surface area contributed by atoms with Gasteiger partial charge in [0.1, 0.15) is 5.82 Å². The number of nitrogens with zero attached hydrogens (tertiary/aromatic N) is 3. The summed E-state index contributed by atoms with van der Waals surface area (Å²) >= 11 is 0. The van der Waals surface area contributed by atoms with Gasteiger partial charge >= 0.3 is 0 Å². The number of hydrogen-bond acceptors (Lipinski definition) is 5. The number of benzene rings is 1. The standard InChI is InChI=1S/C16H18N6/c1-2-17-16-20-15(21-22-16)13-8-9-18-14(10-13)19-11-12-6-4-3-5-7-12/h3-10H,2,11H2,1H3,(H,18,19)(H2,17,20,21,22). The summed E-state index contributed by atoms with van der Waals surface area (Å²) in [4.78, 5) is 8.73. The molecule has 6 heteroatoms. The molecule has 0 radical (unpaired) electrons. The number of nitrogens with one attached hydrogen (secondary N) is 3. The predicted octanol–water partition coefficient (Wildman–Crippen LogP) is 2.91. The molecule has 0 unspecified atom stereocenters. The molecule has 0 fully saturated rings. The average Bonchev–Trinajstić information content (AvgIpc) is 3.03. The molecule has 3 rings (SSSR count). The zero-order valence-electron chi connectivity index (χ0n) is 12.4. The molecule has 0 bridgehead atoms. The monoisotopic (exact) mass is 294 g/mol. The Labute approximate surface area is 129 Å². The van der Waals surface area contributed by atoms with Crippen LogP contribution in [0.1, 0.15) is 12.5 Å². The van der Waals surface area contributed by atoms with Gasteiger partial charge in [-0.15, -0.1) is 5.10 Å². The highest BCUT2D eigenvalue weighted by Crippen LogP contribution is 2.18. The Morgan fingerprint density at radius 3 is 2.77 bits per heavy atom. The lowest BCUT2D eigenvalue weighted by Crippen LogP contribution is -2.01. The number of H-pyrrole nitrogens is 1. The molecule has 0 atom stereocenters. The maximum Gasteiger partial charge on any atom is 0.242 e. The van der Waals surface area contributed by atoms with Crippen molar-refractivity contribution in [3.8, 4) is 11.4 Å². The first-order valence-electron chi connectivity index (χ1n) is 7.25. The second kappa shape index (κ2) is 6.71. The molecule has 3 aromatic rings. The number of aromatic nitrogens is 4. The summed E-state index contributed by atoms with van der Waals surface area (Å²) in [5.41, 5.74) is 2.16. The first-order valence-corrected chi connectivity index (χ1v) is 7.25. The third-order valence-corrected chi connectivity index (χ3v) is 3.17. The fourth-order valence-corrected chi connectivity index (χ4v) is 2.09. The first-order chi connectivity index (χ1) is 10.8. The number of aromatic amines is 1. The fourth-order valence-electron chi connectivity index (χ4n) is 2.09. The Morgan fingerprint density at radius 1 is 1.09 bits per heavy atom. The fraction of sp³-hybridized carbons (Fsp3) is 0.188. The van der Waals surface area contributed by atoms with Crippen LogP contribution >= 0.6 is 0 Å². The van der Waals surface area contributed by atoms with Crippen LogP contribution in [0.3, 0.4) is 0 Å². The number of anilines is 2. The largest absolute Gasteiger partial charge is 0.366 e. The molecule has 0 saturated carbocycles. The van der Waals surface area contributed by atoms with E-state index in [0.717, 1.165) is 30.3 Å². The summed E-state index contributed by atoms with van der Waals surface area (Å²) < 4.78 is 0. The van der Waals surface area contributed by atoms with Crippen molar-refractivity contribution in [1.82, 2.24) is 20.2 Å². The van der Waals surface area contributed by atoms with E-state index in [1.807, 2.05) is 37.3 Å². The summed E-state index contributed by atoms with van der Waals surface area (Å²) in [6.45, 7) is 3.53. The van der Waals surface area contributed by atoms with Gasteiger partial charge in [0.25, 0.3) is 0 Å². The maximum atomic E-state index is 4.40. The van der Waals surface area contributed by atoms with Crippen LogP contribution in [-0.2, 0) is 6.54 Å². The number of pyridine rings is 1. The topological polar surface area (TPSA) is 78.5 Å². The smallest absolute Gasteiger partial charge is 0.242 e. The van der Waals surface area contributed by atoms with Crippen molar-refractivity contribution in [3.05, 3.63) is 54.2 Å². The third-order valence-electron chi connectivity index (χ3n) is 3.17. The minimum Gasteiger partial charge on any atom is -0.366 e. The van der Waals surface area contributed by atoms with E-state index in [4.69, 9.17) is 0 Å². The predicted molar refractivity (Wildman–Crippen MR) is 87.5 cm³/mol. The average molecular weight is 294 g/mol. The zero-order chi connectivity index (χ0) is 15.2. The van der Waals surface area contributed by atoms with Gasteiger partial charge in [-0.25, -0.2) is 4.98 Å². The van der Waals surface area contributed by atoms with E-state index in [0.29, 0.717) is 5.95 Å². The van der Waals surface area contributed by atoms with Crippen LogP contribution in [0, 0.1) is 0 Å². The molecule has 22 heavy (non-hydrogen) atoms. The lowest BCUT2D eigenvalue weighted by Gasteiger charge is -2.06. The molecule has 0 aliphatic rings. The Kier molecular flexibility index (Phi) is 4.29. The molecule has 0 aliphatic carbocycles. The summed E-state index contributed by atoms with van der Waals surface area (Å²) in [6, 6.07) is 14.1. The van der Waals surface area contributed by atoms with E-state index >= 15 is 0 Å². The van der Waals surface area contributed by atoms with Gasteiger partial charge < -0.3 is 10.6 Å². The third kappa shape index (κ3) is 3.41. The number of hydrogen-bond donors (Lipinski definition) is 3. The molecule has 0 aliphatic heterocycles. The summed E-state index contributed by atoms with van der Waals surface area (Å²) in [5.74, 6) is 2.14. The molecule has 6 nitrogen and oxygen atoms in total. The molecule has 0 amide bonds. The Balaban J connectivity index is 1.71. The highest BCUT2D eigenvalue weighted by Gasteiger charge is 2.06. The molecule has 112 valence electrons. The highest BCUT2D eigenvalue weighted by atomic mass is 15.3. The molecule has 2 heterocycles. The van der Waals surface area contributed by atoms with Crippen molar-refractivity contribution in [3.63, 3.8) is 0 Å². The Hall–Kier alpha value is -2.89. The van der Waals surface area contributed by atoms with Crippen molar-refractivity contribution in [1.29, 1.82) is 0 Å². The van der Waals surface area contributed by atoms with Gasteiger partial charge in [-0.05, 0) is 24.6 Å². The van der Waals surface area contributed by atoms with Gasteiger partial charge in [0.2, 0.25) is 5.95 Å². The van der Waals surface area contributed by atoms with Crippen molar-refractivity contribution in [2.45, 2.75) is 13.5 Å². The maximum absolute atomic E-state index is 4.40. The van der Waals surface area contributed by atoms with Crippen LogP contribution in [-0.4, -0.2) is 26.7 Å². The molecular formula is C16H18N6. The first kappa shape index (κ1) is 14.1. The van der Waals surface area contributed by atoms with Crippen molar-refractivity contribution >= 4 is 11.8 Å². The minimum absolute atomic E-state index is 0.605. The van der Waals surface area contributed by atoms with Gasteiger partial charge in [0.05, 0.1) is 0 Å². The lowest BCUT2D eigenvalue weighted by molar-refractivity contribution is 1.06. The second-order valence-electron chi connectivity index (χ2n) is 4.81. The van der Waals surface area contributed by atoms with Crippen LogP contribution in [0.15, 0.2) is 48.7 Å². The number of rotatable bonds is 6. The van der Waals surface area contributed by atoms with Crippen LogP contribution in [0.5, 0.6) is 0 Å². The second-order valence-corrected chi connectivity index (χ2v) is 4.81. The van der Waals surface area contributed by atoms with Crippen molar-refractivity contribution in [2.24, 2.45) is 0 Å². The van der Waals surface area contributed by atoms with Crippen molar-refractivity contribution < 1.29 is 0 Å². The molecular weight excluding hydrogens is 276 g/mol. The van der Waals surface area contributed by atoms with Gasteiger partial charge in [0, 0.05) is 24.8 Å². The van der Waals surface area contributed by atoms with Crippen LogP contribution in [0.25, 0.3) is 11.4 Å². The SMILES string of the molecule is CCNc1n[nH]c(-c2ccnc(NCc3ccccc3)c2)n1. The van der Waals surface area contributed by atoms with Crippen LogP contribution in [0.4, 0.5) is 11.8 Å². The van der Waals surface area contributed by atoms with E-state index in [1.165, 1.54) is 5.56 Å². The van der Waals surface area contributed by atoms with Crippen LogP contribution in [0.2, 0.25) is 0 Å². The summed E-state index contributed by atoms with van der Waals surface area (Å²) in [6.07, 6.45) is 1.76. The molecule has 1 aromatic carbocycles. The van der Waals surface area contributed by atoms with E-state index in [1.54, 1.807) is 6.20 Å². The van der Waals surface area contributed by atoms with E-state index in [-0.39, 0.29) is 0 Å². The summed E-state index contributed by atoms with van der Waals surface area (Å²) in [5, 5.41) is 13.4. The van der Waals surface area contributed by atoms with Gasteiger partial charge in [-0.3, -0.25) is 5.10 Å². The quantitative estimate of drug-likeness (QED) is 0.651. The van der Waals surface area contributed by atoms with Gasteiger partial charge in [0.15, 0.2) is 5.82 Å². The van der Waals surface area contributed by atoms with Gasteiger partial charge in [-0.1, -0.05) is 30.3 Å². The van der Waals surface area contributed by atoms with E-state index in [9.17, 15) is 0 Å². The molecule has 0 saturated heterocycles. The summed E-state index contributed by atoms with van der Waals surface area (Å²) in [7, 11) is 0. The zero-order valence-corrected chi connectivity index (χ0v) is 12.4.